The lowest BCUT2D eigenvalue weighted by Crippen LogP contribution is -2.46. The first-order valence-electron chi connectivity index (χ1n) is 5.78. The Morgan fingerprint density at radius 3 is 2.79 bits per heavy atom. The van der Waals surface area contributed by atoms with E-state index in [2.05, 4.69) is 21.2 Å². The third-order valence-corrected chi connectivity index (χ3v) is 2.61. The number of urea groups is 1. The summed E-state index contributed by atoms with van der Waals surface area (Å²) in [6, 6.07) is 7.13. The molecular weight excluding hydrogens is 244 g/mol. The van der Waals surface area contributed by atoms with Gasteiger partial charge in [-0.25, -0.2) is 10.2 Å². The highest BCUT2D eigenvalue weighted by Gasteiger charge is 2.05. The van der Waals surface area contributed by atoms with E-state index in [9.17, 15) is 9.59 Å². The molecule has 0 unspecified atom stereocenters. The van der Waals surface area contributed by atoms with Crippen molar-refractivity contribution >= 4 is 22.7 Å². The van der Waals surface area contributed by atoms with Crippen molar-refractivity contribution in [2.75, 3.05) is 7.05 Å². The molecule has 3 N–H and O–H groups in total. The van der Waals surface area contributed by atoms with Crippen LogP contribution in [0.2, 0.25) is 0 Å². The van der Waals surface area contributed by atoms with Crippen LogP contribution < -0.4 is 16.2 Å². The Balaban J connectivity index is 2.01. The van der Waals surface area contributed by atoms with Gasteiger partial charge in [0.1, 0.15) is 0 Å². The van der Waals surface area contributed by atoms with Crippen molar-refractivity contribution in [3.8, 4) is 0 Å². The summed E-state index contributed by atoms with van der Waals surface area (Å²) in [5, 5.41) is 4.39. The van der Waals surface area contributed by atoms with Gasteiger partial charge in [0.15, 0.2) is 0 Å². The Bertz CT molecular complexity index is 612. The molecule has 0 aliphatic rings. The normalized spacial score (nSPS) is 9.95. The van der Waals surface area contributed by atoms with E-state index in [1.54, 1.807) is 12.4 Å². The summed E-state index contributed by atoms with van der Waals surface area (Å²) in [6.07, 6.45) is 3.67. The first-order chi connectivity index (χ1) is 9.19. The fourth-order valence-corrected chi connectivity index (χ4v) is 1.66. The lowest BCUT2D eigenvalue weighted by Gasteiger charge is -2.07. The standard InChI is InChI=1S/C13H14N4O2/c1-14-13(19)17-16-12(18)7-9-2-3-11-8-15-5-4-10(11)6-9/h2-6,8H,7H2,1H3,(H,16,18)(H2,14,17,19). The molecule has 98 valence electrons. The van der Waals surface area contributed by atoms with E-state index < -0.39 is 6.03 Å². The lowest BCUT2D eigenvalue weighted by molar-refractivity contribution is -0.121. The number of hydrogen-bond donors (Lipinski definition) is 3. The predicted octanol–water partition coefficient (Wildman–Crippen LogP) is 0.738. The molecule has 0 atom stereocenters. The first-order valence-corrected chi connectivity index (χ1v) is 5.78. The molecule has 0 fully saturated rings. The number of fused-ring (bicyclic) bond motifs is 1. The van der Waals surface area contributed by atoms with Crippen molar-refractivity contribution in [2.45, 2.75) is 6.42 Å². The zero-order valence-corrected chi connectivity index (χ0v) is 10.4. The van der Waals surface area contributed by atoms with Gasteiger partial charge in [0.25, 0.3) is 0 Å². The van der Waals surface area contributed by atoms with Crippen LogP contribution in [0.25, 0.3) is 10.8 Å². The second kappa shape index (κ2) is 5.81. The summed E-state index contributed by atoms with van der Waals surface area (Å²) < 4.78 is 0. The van der Waals surface area contributed by atoms with Gasteiger partial charge in [0.2, 0.25) is 5.91 Å². The van der Waals surface area contributed by atoms with Gasteiger partial charge in [-0.2, -0.15) is 0 Å². The molecule has 0 aliphatic carbocycles. The summed E-state index contributed by atoms with van der Waals surface area (Å²) >= 11 is 0. The zero-order valence-electron chi connectivity index (χ0n) is 10.4. The highest BCUT2D eigenvalue weighted by molar-refractivity contribution is 5.85. The van der Waals surface area contributed by atoms with Crippen LogP contribution in [0.4, 0.5) is 4.79 Å². The van der Waals surface area contributed by atoms with E-state index in [-0.39, 0.29) is 12.3 Å². The average Bonchev–Trinajstić information content (AvgIpc) is 2.44. The number of nitrogens with one attached hydrogen (secondary N) is 3. The van der Waals surface area contributed by atoms with Crippen molar-refractivity contribution in [1.29, 1.82) is 0 Å². The number of hydrogen-bond acceptors (Lipinski definition) is 3. The predicted molar refractivity (Wildman–Crippen MR) is 71.2 cm³/mol. The summed E-state index contributed by atoms with van der Waals surface area (Å²) in [6.45, 7) is 0. The summed E-state index contributed by atoms with van der Waals surface area (Å²) in [5.41, 5.74) is 5.42. The fraction of sp³-hybridized carbons (Fsp3) is 0.154. The maximum Gasteiger partial charge on any atom is 0.333 e. The summed E-state index contributed by atoms with van der Waals surface area (Å²) in [4.78, 5) is 26.5. The van der Waals surface area contributed by atoms with Crippen LogP contribution in [0.1, 0.15) is 5.56 Å². The van der Waals surface area contributed by atoms with Gasteiger partial charge >= 0.3 is 6.03 Å². The molecule has 0 saturated heterocycles. The molecule has 1 heterocycles. The van der Waals surface area contributed by atoms with E-state index in [0.29, 0.717) is 0 Å². The van der Waals surface area contributed by atoms with Crippen molar-refractivity contribution in [3.63, 3.8) is 0 Å². The van der Waals surface area contributed by atoms with Gasteiger partial charge in [-0.15, -0.1) is 0 Å². The van der Waals surface area contributed by atoms with Crippen molar-refractivity contribution in [1.82, 2.24) is 21.2 Å². The molecule has 0 radical (unpaired) electrons. The number of carbonyl (C=O) groups is 2. The van der Waals surface area contributed by atoms with Crippen molar-refractivity contribution in [3.05, 3.63) is 42.2 Å². The first kappa shape index (κ1) is 12.8. The van der Waals surface area contributed by atoms with E-state index >= 15 is 0 Å². The van der Waals surface area contributed by atoms with Crippen LogP contribution in [0.5, 0.6) is 0 Å². The van der Waals surface area contributed by atoms with Gasteiger partial charge in [-0.05, 0) is 17.0 Å². The van der Waals surface area contributed by atoms with E-state index in [1.165, 1.54) is 7.05 Å². The zero-order chi connectivity index (χ0) is 13.7. The molecule has 0 saturated carbocycles. The van der Waals surface area contributed by atoms with E-state index in [4.69, 9.17) is 0 Å². The Labute approximate surface area is 110 Å². The average molecular weight is 258 g/mol. The fourth-order valence-electron chi connectivity index (χ4n) is 1.66. The number of rotatable bonds is 2. The lowest BCUT2D eigenvalue weighted by atomic mass is 10.1. The van der Waals surface area contributed by atoms with Gasteiger partial charge in [-0.1, -0.05) is 18.2 Å². The van der Waals surface area contributed by atoms with Crippen molar-refractivity contribution < 1.29 is 9.59 Å². The molecule has 0 aliphatic heterocycles. The van der Waals surface area contributed by atoms with Crippen LogP contribution in [0.15, 0.2) is 36.7 Å². The Morgan fingerprint density at radius 1 is 1.16 bits per heavy atom. The molecule has 3 amide bonds. The smallest absolute Gasteiger partial charge is 0.333 e. The molecular formula is C13H14N4O2. The summed E-state index contributed by atoms with van der Waals surface area (Å²) in [7, 11) is 1.47. The van der Waals surface area contributed by atoms with Gasteiger partial charge in [0.05, 0.1) is 6.42 Å². The third-order valence-electron chi connectivity index (χ3n) is 2.61. The minimum Gasteiger partial charge on any atom is -0.340 e. The molecule has 1 aromatic heterocycles. The maximum absolute atomic E-state index is 11.6. The van der Waals surface area contributed by atoms with E-state index in [0.717, 1.165) is 16.3 Å². The number of hydrazine groups is 1. The number of carbonyl (C=O) groups excluding carboxylic acids is 2. The largest absolute Gasteiger partial charge is 0.340 e. The molecule has 6 heteroatoms. The molecule has 2 aromatic rings. The number of benzene rings is 1. The minimum absolute atomic E-state index is 0.197. The molecule has 1 aromatic carbocycles. The third kappa shape index (κ3) is 3.41. The number of aromatic nitrogens is 1. The van der Waals surface area contributed by atoms with Crippen LogP contribution in [0, 0.1) is 0 Å². The highest BCUT2D eigenvalue weighted by Crippen LogP contribution is 2.14. The molecule has 19 heavy (non-hydrogen) atoms. The summed E-state index contributed by atoms with van der Waals surface area (Å²) in [5.74, 6) is -0.281. The molecule has 0 spiro atoms. The van der Waals surface area contributed by atoms with E-state index in [1.807, 2.05) is 24.3 Å². The van der Waals surface area contributed by atoms with Crippen LogP contribution >= 0.6 is 0 Å². The highest BCUT2D eigenvalue weighted by atomic mass is 16.2. The molecule has 6 nitrogen and oxygen atoms in total. The van der Waals surface area contributed by atoms with Gasteiger partial charge in [0, 0.05) is 24.8 Å². The monoisotopic (exact) mass is 258 g/mol. The second-order valence-electron chi connectivity index (χ2n) is 3.99. The number of pyridine rings is 1. The Hall–Kier alpha value is -2.63. The van der Waals surface area contributed by atoms with Gasteiger partial charge < -0.3 is 5.32 Å². The maximum atomic E-state index is 11.6. The Morgan fingerprint density at radius 2 is 2.00 bits per heavy atom. The molecule has 0 bridgehead atoms. The van der Waals surface area contributed by atoms with Crippen LogP contribution in [0.3, 0.4) is 0 Å². The second-order valence-corrected chi connectivity index (χ2v) is 3.99. The number of nitrogens with zero attached hydrogens (tertiary/aromatic N) is 1. The van der Waals surface area contributed by atoms with Crippen LogP contribution in [-0.2, 0) is 11.2 Å². The topological polar surface area (TPSA) is 83.1 Å². The minimum atomic E-state index is -0.460. The SMILES string of the molecule is CNC(=O)NNC(=O)Cc1ccc2cnccc2c1. The van der Waals surface area contributed by atoms with Crippen molar-refractivity contribution in [2.24, 2.45) is 0 Å². The molecule has 2 rings (SSSR count). The number of amides is 3. The van der Waals surface area contributed by atoms with Gasteiger partial charge in [-0.3, -0.25) is 15.2 Å². The Kier molecular flexibility index (Phi) is 3.92. The quantitative estimate of drug-likeness (QED) is 0.695. The van der Waals surface area contributed by atoms with Crippen LogP contribution in [-0.4, -0.2) is 24.0 Å².